The van der Waals surface area contributed by atoms with Gasteiger partial charge in [-0.05, 0) is 49.9 Å². The van der Waals surface area contributed by atoms with Crippen molar-refractivity contribution in [2.45, 2.75) is 58.2 Å². The van der Waals surface area contributed by atoms with Gasteiger partial charge < -0.3 is 24.2 Å². The number of halogens is 2. The molecule has 1 unspecified atom stereocenters. The standard InChI is InChI=1S/C27H35F2NO6/c1-3-34-24(25(31)32)19-21-11-13-23(14-12-21)35-18-17-30(16-8-7-15-27(2,28)29)26(33)36-20-22-9-5-4-6-10-22/h4-6,9-14,24H,3,7-8,15-20H2,1-2H3,(H,31,32). The Morgan fingerprint density at radius 3 is 2.31 bits per heavy atom. The summed E-state index contributed by atoms with van der Waals surface area (Å²) in [4.78, 5) is 25.4. The van der Waals surface area contributed by atoms with E-state index < -0.39 is 24.1 Å². The summed E-state index contributed by atoms with van der Waals surface area (Å²) in [7, 11) is 0. The van der Waals surface area contributed by atoms with Crippen molar-refractivity contribution in [2.75, 3.05) is 26.3 Å². The number of carbonyl (C=O) groups is 2. The molecule has 0 fully saturated rings. The number of ether oxygens (including phenoxy) is 3. The van der Waals surface area contributed by atoms with E-state index in [0.717, 1.165) is 18.1 Å². The summed E-state index contributed by atoms with van der Waals surface area (Å²) >= 11 is 0. The van der Waals surface area contributed by atoms with E-state index in [4.69, 9.17) is 14.2 Å². The molecule has 2 aromatic rings. The van der Waals surface area contributed by atoms with E-state index in [1.54, 1.807) is 31.2 Å². The molecule has 0 spiro atoms. The lowest BCUT2D eigenvalue weighted by molar-refractivity contribution is -0.149. The zero-order valence-corrected chi connectivity index (χ0v) is 20.8. The number of unbranched alkanes of at least 4 members (excludes halogenated alkanes) is 1. The number of carbonyl (C=O) groups excluding carboxylic acids is 1. The second-order valence-electron chi connectivity index (χ2n) is 8.53. The molecule has 1 atom stereocenters. The maximum absolute atomic E-state index is 13.1. The Kier molecular flexibility index (Phi) is 12.1. The van der Waals surface area contributed by atoms with Crippen LogP contribution in [0.3, 0.4) is 0 Å². The van der Waals surface area contributed by atoms with Gasteiger partial charge in [-0.1, -0.05) is 42.5 Å². The number of alkyl halides is 2. The van der Waals surface area contributed by atoms with Crippen molar-refractivity contribution in [3.8, 4) is 5.75 Å². The first kappa shape index (κ1) is 29.0. The molecule has 2 rings (SSSR count). The van der Waals surface area contributed by atoms with Crippen LogP contribution in [0.5, 0.6) is 5.75 Å². The first-order chi connectivity index (χ1) is 17.2. The van der Waals surface area contributed by atoms with Crippen molar-refractivity contribution >= 4 is 12.1 Å². The van der Waals surface area contributed by atoms with E-state index in [2.05, 4.69) is 0 Å². The number of carboxylic acid groups (broad SMARTS) is 1. The number of benzene rings is 2. The summed E-state index contributed by atoms with van der Waals surface area (Å²) in [6, 6.07) is 16.2. The molecule has 0 aromatic heterocycles. The second-order valence-corrected chi connectivity index (χ2v) is 8.53. The van der Waals surface area contributed by atoms with Crippen LogP contribution in [0.1, 0.15) is 44.2 Å². The van der Waals surface area contributed by atoms with Gasteiger partial charge >= 0.3 is 12.1 Å². The van der Waals surface area contributed by atoms with E-state index in [-0.39, 0.29) is 45.6 Å². The Balaban J connectivity index is 1.88. The second kappa shape index (κ2) is 15.0. The molecule has 1 amide bonds. The molecule has 0 radical (unpaired) electrons. The fourth-order valence-electron chi connectivity index (χ4n) is 3.47. The molecule has 36 heavy (non-hydrogen) atoms. The molecular formula is C27H35F2NO6. The number of amides is 1. The number of aliphatic carboxylic acids is 1. The SMILES string of the molecule is CCOC(Cc1ccc(OCCN(CCCCC(C)(F)F)C(=O)OCc2ccccc2)cc1)C(=O)O. The van der Waals surface area contributed by atoms with Gasteiger partial charge in [0.2, 0.25) is 5.92 Å². The normalized spacial score (nSPS) is 12.1. The van der Waals surface area contributed by atoms with Gasteiger partial charge in [0.15, 0.2) is 6.10 Å². The third-order valence-corrected chi connectivity index (χ3v) is 5.37. The van der Waals surface area contributed by atoms with E-state index in [1.165, 1.54) is 4.90 Å². The molecule has 0 heterocycles. The van der Waals surface area contributed by atoms with E-state index >= 15 is 0 Å². The number of hydrogen-bond acceptors (Lipinski definition) is 5. The zero-order chi connectivity index (χ0) is 26.4. The lowest BCUT2D eigenvalue weighted by Gasteiger charge is -2.23. The Labute approximate surface area is 211 Å². The summed E-state index contributed by atoms with van der Waals surface area (Å²) < 4.78 is 42.6. The van der Waals surface area contributed by atoms with Crippen molar-refractivity contribution in [1.82, 2.24) is 4.90 Å². The fraction of sp³-hybridized carbons (Fsp3) is 0.481. The van der Waals surface area contributed by atoms with Gasteiger partial charge in [-0.3, -0.25) is 0 Å². The smallest absolute Gasteiger partial charge is 0.410 e. The van der Waals surface area contributed by atoms with Crippen LogP contribution < -0.4 is 4.74 Å². The van der Waals surface area contributed by atoms with Crippen LogP contribution in [0, 0.1) is 0 Å². The van der Waals surface area contributed by atoms with Crippen LogP contribution >= 0.6 is 0 Å². The zero-order valence-electron chi connectivity index (χ0n) is 20.8. The maximum atomic E-state index is 13.1. The van der Waals surface area contributed by atoms with Crippen LogP contribution in [0.4, 0.5) is 13.6 Å². The predicted octanol–water partition coefficient (Wildman–Crippen LogP) is 5.56. The lowest BCUT2D eigenvalue weighted by Crippen LogP contribution is -2.36. The molecule has 0 bridgehead atoms. The first-order valence-corrected chi connectivity index (χ1v) is 12.1. The van der Waals surface area contributed by atoms with Crippen molar-refractivity contribution in [1.29, 1.82) is 0 Å². The first-order valence-electron chi connectivity index (χ1n) is 12.1. The Morgan fingerprint density at radius 2 is 1.69 bits per heavy atom. The van der Waals surface area contributed by atoms with Crippen molar-refractivity contribution in [3.05, 3.63) is 65.7 Å². The molecule has 2 aromatic carbocycles. The van der Waals surface area contributed by atoms with E-state index in [1.807, 2.05) is 30.3 Å². The number of rotatable bonds is 16. The number of nitrogens with zero attached hydrogens (tertiary/aromatic N) is 1. The summed E-state index contributed by atoms with van der Waals surface area (Å²) in [6.45, 7) is 3.74. The highest BCUT2D eigenvalue weighted by molar-refractivity contribution is 5.72. The Hall–Kier alpha value is -3.20. The topological polar surface area (TPSA) is 85.3 Å². The monoisotopic (exact) mass is 507 g/mol. The third-order valence-electron chi connectivity index (χ3n) is 5.37. The average Bonchev–Trinajstić information content (AvgIpc) is 2.84. The molecule has 0 saturated carbocycles. The summed E-state index contributed by atoms with van der Waals surface area (Å²) in [6.07, 6.45) is -0.742. The highest BCUT2D eigenvalue weighted by Gasteiger charge is 2.21. The molecule has 0 aliphatic carbocycles. The lowest BCUT2D eigenvalue weighted by atomic mass is 10.1. The molecule has 0 aliphatic rings. The minimum Gasteiger partial charge on any atom is -0.492 e. The molecule has 9 heteroatoms. The van der Waals surface area contributed by atoms with Crippen molar-refractivity contribution in [3.63, 3.8) is 0 Å². The minimum absolute atomic E-state index is 0.116. The number of carboxylic acids is 1. The van der Waals surface area contributed by atoms with Crippen LogP contribution in [-0.4, -0.2) is 60.4 Å². The molecule has 0 aliphatic heterocycles. The highest BCUT2D eigenvalue weighted by Crippen LogP contribution is 2.20. The predicted molar refractivity (Wildman–Crippen MR) is 131 cm³/mol. The van der Waals surface area contributed by atoms with Crippen LogP contribution in [0.25, 0.3) is 0 Å². The van der Waals surface area contributed by atoms with Gasteiger partial charge in [0.05, 0.1) is 6.54 Å². The molecule has 7 nitrogen and oxygen atoms in total. The van der Waals surface area contributed by atoms with Gasteiger partial charge in [0, 0.05) is 26.0 Å². The Morgan fingerprint density at radius 1 is 1.00 bits per heavy atom. The van der Waals surface area contributed by atoms with E-state index in [0.29, 0.717) is 18.8 Å². The van der Waals surface area contributed by atoms with Crippen LogP contribution in [0.15, 0.2) is 54.6 Å². The van der Waals surface area contributed by atoms with Gasteiger partial charge in [-0.15, -0.1) is 0 Å². The van der Waals surface area contributed by atoms with Crippen LogP contribution in [-0.2, 0) is 27.3 Å². The third kappa shape index (κ3) is 11.5. The quantitative estimate of drug-likeness (QED) is 0.299. The molecular weight excluding hydrogens is 472 g/mol. The van der Waals surface area contributed by atoms with E-state index in [9.17, 15) is 23.5 Å². The summed E-state index contributed by atoms with van der Waals surface area (Å²) in [5.74, 6) is -3.19. The largest absolute Gasteiger partial charge is 0.492 e. The fourth-order valence-corrected chi connectivity index (χ4v) is 3.47. The summed E-state index contributed by atoms with van der Waals surface area (Å²) in [5, 5.41) is 9.22. The van der Waals surface area contributed by atoms with Gasteiger partial charge in [-0.2, -0.15) is 0 Å². The molecule has 198 valence electrons. The summed E-state index contributed by atoms with van der Waals surface area (Å²) in [5.41, 5.74) is 1.64. The van der Waals surface area contributed by atoms with Crippen LogP contribution in [0.2, 0.25) is 0 Å². The van der Waals surface area contributed by atoms with Gasteiger partial charge in [-0.25, -0.2) is 18.4 Å². The van der Waals surface area contributed by atoms with Gasteiger partial charge in [0.25, 0.3) is 0 Å². The van der Waals surface area contributed by atoms with Crippen molar-refractivity contribution in [2.24, 2.45) is 0 Å². The highest BCUT2D eigenvalue weighted by atomic mass is 19.3. The minimum atomic E-state index is -2.74. The molecule has 0 saturated heterocycles. The average molecular weight is 508 g/mol. The maximum Gasteiger partial charge on any atom is 0.410 e. The van der Waals surface area contributed by atoms with Gasteiger partial charge in [0.1, 0.15) is 19.0 Å². The van der Waals surface area contributed by atoms with Crippen molar-refractivity contribution < 1.29 is 37.7 Å². The molecule has 1 N–H and O–H groups in total. The number of hydrogen-bond donors (Lipinski definition) is 1. The Bertz CT molecular complexity index is 918.